The van der Waals surface area contributed by atoms with E-state index in [0.717, 1.165) is 5.56 Å². The van der Waals surface area contributed by atoms with Crippen LogP contribution >= 0.6 is 0 Å². The molecule has 0 unspecified atom stereocenters. The number of rotatable bonds is 8. The molecule has 0 aliphatic carbocycles. The van der Waals surface area contributed by atoms with Crippen molar-refractivity contribution in [3.05, 3.63) is 95.8 Å². The maximum absolute atomic E-state index is 13.5. The molecular formula is C23H21FN2O3. The molecule has 5 nitrogen and oxygen atoms in total. The zero-order chi connectivity index (χ0) is 20.5. The van der Waals surface area contributed by atoms with Gasteiger partial charge >= 0.3 is 0 Å². The summed E-state index contributed by atoms with van der Waals surface area (Å²) >= 11 is 0. The van der Waals surface area contributed by atoms with Crippen molar-refractivity contribution in [1.29, 1.82) is 0 Å². The molecule has 3 aromatic carbocycles. The Kier molecular flexibility index (Phi) is 6.95. The summed E-state index contributed by atoms with van der Waals surface area (Å²) in [5.74, 6) is -0.649. The lowest BCUT2D eigenvalue weighted by atomic mass is 10.2. The number of carbonyl (C=O) groups excluding carboxylic acids is 2. The Labute approximate surface area is 168 Å². The highest BCUT2D eigenvalue weighted by Crippen LogP contribution is 2.17. The maximum Gasteiger partial charge on any atom is 0.233 e. The van der Waals surface area contributed by atoms with Crippen LogP contribution < -0.4 is 15.4 Å². The van der Waals surface area contributed by atoms with Crippen LogP contribution in [0.2, 0.25) is 0 Å². The van der Waals surface area contributed by atoms with E-state index in [1.54, 1.807) is 42.5 Å². The lowest BCUT2D eigenvalue weighted by Gasteiger charge is -2.09. The highest BCUT2D eigenvalue weighted by Gasteiger charge is 2.10. The molecule has 0 radical (unpaired) electrons. The fourth-order valence-corrected chi connectivity index (χ4v) is 2.62. The molecular weight excluding hydrogens is 371 g/mol. The van der Waals surface area contributed by atoms with E-state index < -0.39 is 17.6 Å². The minimum atomic E-state index is -0.478. The summed E-state index contributed by atoms with van der Waals surface area (Å²) in [4.78, 5) is 23.9. The van der Waals surface area contributed by atoms with Crippen LogP contribution in [0.3, 0.4) is 0 Å². The van der Waals surface area contributed by atoms with Gasteiger partial charge in [-0.05, 0) is 35.9 Å². The Bertz CT molecular complexity index is 959. The van der Waals surface area contributed by atoms with Crippen molar-refractivity contribution < 1.29 is 18.7 Å². The zero-order valence-corrected chi connectivity index (χ0v) is 15.7. The highest BCUT2D eigenvalue weighted by atomic mass is 19.1. The number of nitrogens with one attached hydrogen (secondary N) is 2. The molecule has 0 atom stereocenters. The van der Waals surface area contributed by atoms with Crippen LogP contribution in [0.4, 0.5) is 10.1 Å². The minimum Gasteiger partial charge on any atom is -0.489 e. The monoisotopic (exact) mass is 392 g/mol. The van der Waals surface area contributed by atoms with E-state index in [-0.39, 0.29) is 13.0 Å². The number of halogens is 1. The van der Waals surface area contributed by atoms with Crippen LogP contribution in [0.1, 0.15) is 17.5 Å². The van der Waals surface area contributed by atoms with Gasteiger partial charge in [0.1, 0.15) is 24.6 Å². The van der Waals surface area contributed by atoms with E-state index in [4.69, 9.17) is 4.74 Å². The molecule has 6 heteroatoms. The fraction of sp³-hybridized carbons (Fsp3) is 0.130. The Hall–Kier alpha value is -3.67. The summed E-state index contributed by atoms with van der Waals surface area (Å²) in [5.41, 5.74) is 1.99. The Morgan fingerprint density at radius 1 is 0.828 bits per heavy atom. The first-order valence-corrected chi connectivity index (χ1v) is 9.17. The van der Waals surface area contributed by atoms with Gasteiger partial charge in [0.25, 0.3) is 0 Å². The lowest BCUT2D eigenvalue weighted by Crippen LogP contribution is -2.28. The van der Waals surface area contributed by atoms with E-state index in [2.05, 4.69) is 10.6 Å². The molecule has 0 saturated heterocycles. The van der Waals surface area contributed by atoms with Crippen LogP contribution in [0.25, 0.3) is 0 Å². The predicted molar refractivity (Wildman–Crippen MR) is 109 cm³/mol. The van der Waals surface area contributed by atoms with Gasteiger partial charge in [-0.3, -0.25) is 9.59 Å². The molecule has 0 aliphatic heterocycles. The van der Waals surface area contributed by atoms with E-state index in [0.29, 0.717) is 23.6 Å². The van der Waals surface area contributed by atoms with E-state index in [1.807, 2.05) is 30.3 Å². The van der Waals surface area contributed by atoms with Crippen molar-refractivity contribution in [1.82, 2.24) is 5.32 Å². The summed E-state index contributed by atoms with van der Waals surface area (Å²) < 4.78 is 19.2. The molecule has 0 saturated carbocycles. The average molecular weight is 392 g/mol. The molecule has 0 spiro atoms. The van der Waals surface area contributed by atoms with Crippen molar-refractivity contribution in [2.24, 2.45) is 0 Å². The average Bonchev–Trinajstić information content (AvgIpc) is 2.73. The smallest absolute Gasteiger partial charge is 0.233 e. The van der Waals surface area contributed by atoms with Crippen molar-refractivity contribution >= 4 is 17.5 Å². The summed E-state index contributed by atoms with van der Waals surface area (Å²) in [6.45, 7) is 0.487. The largest absolute Gasteiger partial charge is 0.489 e. The number of anilines is 1. The number of ether oxygens (including phenoxy) is 1. The molecule has 2 N–H and O–H groups in total. The Morgan fingerprint density at radius 2 is 1.52 bits per heavy atom. The number of benzene rings is 3. The molecule has 0 fully saturated rings. The molecule has 0 aromatic heterocycles. The molecule has 148 valence electrons. The quantitative estimate of drug-likeness (QED) is 0.569. The van der Waals surface area contributed by atoms with Crippen molar-refractivity contribution in [3.8, 4) is 5.75 Å². The minimum absolute atomic E-state index is 0.0340. The molecule has 3 rings (SSSR count). The first kappa shape index (κ1) is 20.1. The van der Waals surface area contributed by atoms with Crippen LogP contribution in [0, 0.1) is 5.82 Å². The van der Waals surface area contributed by atoms with E-state index >= 15 is 0 Å². The summed E-state index contributed by atoms with van der Waals surface area (Å²) in [6, 6.07) is 22.9. The number of carbonyl (C=O) groups is 2. The third kappa shape index (κ3) is 6.46. The zero-order valence-electron chi connectivity index (χ0n) is 15.7. The molecule has 2 amide bonds. The second kappa shape index (κ2) is 10.0. The van der Waals surface area contributed by atoms with Crippen LogP contribution in [0.15, 0.2) is 78.9 Å². The van der Waals surface area contributed by atoms with Gasteiger partial charge in [-0.2, -0.15) is 0 Å². The summed E-state index contributed by atoms with van der Waals surface area (Å²) in [7, 11) is 0. The van der Waals surface area contributed by atoms with Crippen molar-refractivity contribution in [2.75, 3.05) is 5.32 Å². The SMILES string of the molecule is O=C(CC(=O)Nc1ccc(OCc2ccccc2)cc1)NCc1ccccc1F. The summed E-state index contributed by atoms with van der Waals surface area (Å²) in [6.07, 6.45) is -0.347. The van der Waals surface area contributed by atoms with Gasteiger partial charge in [0.05, 0.1) is 0 Å². The van der Waals surface area contributed by atoms with Gasteiger partial charge in [0.15, 0.2) is 0 Å². The molecule has 0 heterocycles. The third-order valence-electron chi connectivity index (χ3n) is 4.14. The lowest BCUT2D eigenvalue weighted by molar-refractivity contribution is -0.126. The molecule has 3 aromatic rings. The first-order valence-electron chi connectivity index (χ1n) is 9.17. The topological polar surface area (TPSA) is 67.4 Å². The molecule has 29 heavy (non-hydrogen) atoms. The summed E-state index contributed by atoms with van der Waals surface area (Å²) in [5, 5.41) is 5.19. The number of hydrogen-bond acceptors (Lipinski definition) is 3. The van der Waals surface area contributed by atoms with Crippen LogP contribution in [-0.4, -0.2) is 11.8 Å². The molecule has 0 bridgehead atoms. The van der Waals surface area contributed by atoms with Gasteiger partial charge < -0.3 is 15.4 Å². The second-order valence-electron chi connectivity index (χ2n) is 6.39. The van der Waals surface area contributed by atoms with Gasteiger partial charge in [0.2, 0.25) is 11.8 Å². The van der Waals surface area contributed by atoms with Gasteiger partial charge in [0, 0.05) is 17.8 Å². The first-order chi connectivity index (χ1) is 14.1. The highest BCUT2D eigenvalue weighted by molar-refractivity contribution is 6.03. The maximum atomic E-state index is 13.5. The predicted octanol–water partition coefficient (Wildman–Crippen LogP) is 4.05. The standard InChI is InChI=1S/C23H21FN2O3/c24-21-9-5-4-8-18(21)15-25-22(27)14-23(28)26-19-10-12-20(13-11-19)29-16-17-6-2-1-3-7-17/h1-13H,14-16H2,(H,25,27)(H,26,28). The van der Waals surface area contributed by atoms with Gasteiger partial charge in [-0.15, -0.1) is 0 Å². The fourth-order valence-electron chi connectivity index (χ4n) is 2.62. The third-order valence-corrected chi connectivity index (χ3v) is 4.14. The van der Waals surface area contributed by atoms with Crippen molar-refractivity contribution in [2.45, 2.75) is 19.6 Å². The van der Waals surface area contributed by atoms with Gasteiger partial charge in [-0.25, -0.2) is 4.39 Å². The normalized spacial score (nSPS) is 10.2. The van der Waals surface area contributed by atoms with E-state index in [9.17, 15) is 14.0 Å². The Balaban J connectivity index is 1.42. The Morgan fingerprint density at radius 3 is 2.24 bits per heavy atom. The van der Waals surface area contributed by atoms with Crippen LogP contribution in [0.5, 0.6) is 5.75 Å². The number of hydrogen-bond donors (Lipinski definition) is 2. The van der Waals surface area contributed by atoms with Crippen molar-refractivity contribution in [3.63, 3.8) is 0 Å². The number of amides is 2. The van der Waals surface area contributed by atoms with Gasteiger partial charge in [-0.1, -0.05) is 48.5 Å². The molecule has 0 aliphatic rings. The van der Waals surface area contributed by atoms with E-state index in [1.165, 1.54) is 6.07 Å². The van der Waals surface area contributed by atoms with Crippen LogP contribution in [-0.2, 0) is 22.7 Å². The second-order valence-corrected chi connectivity index (χ2v) is 6.39.